The van der Waals surface area contributed by atoms with Crippen molar-refractivity contribution in [2.24, 2.45) is 5.73 Å². The van der Waals surface area contributed by atoms with E-state index in [0.29, 0.717) is 6.54 Å². The van der Waals surface area contributed by atoms with E-state index in [4.69, 9.17) is 10.7 Å². The number of unbranched alkanes of at least 4 members (excludes halogenated alkanes) is 2. The van der Waals surface area contributed by atoms with E-state index in [1.54, 1.807) is 0 Å². The fraction of sp³-hybridized carbons (Fsp3) is 0.667. The Morgan fingerprint density at radius 1 is 1.33 bits per heavy atom. The van der Waals surface area contributed by atoms with E-state index in [1.165, 1.54) is 48.9 Å². The zero-order valence-electron chi connectivity index (χ0n) is 11.7. The highest BCUT2D eigenvalue weighted by molar-refractivity contribution is 5.50. The number of hydrogen-bond donors (Lipinski definition) is 1. The summed E-state index contributed by atoms with van der Waals surface area (Å²) in [7, 11) is 2.14. The molecule has 0 fully saturated rings. The maximum absolute atomic E-state index is 5.87. The maximum atomic E-state index is 5.87. The number of fused-ring (bicyclic) bond motifs is 1. The molecule has 1 aromatic rings. The first-order valence-corrected chi connectivity index (χ1v) is 7.19. The lowest BCUT2D eigenvalue weighted by Crippen LogP contribution is -2.22. The fourth-order valence-corrected chi connectivity index (χ4v) is 2.69. The number of rotatable bonds is 6. The topological polar surface area (TPSA) is 42.2 Å². The van der Waals surface area contributed by atoms with E-state index in [2.05, 4.69) is 24.9 Å². The highest BCUT2D eigenvalue weighted by Crippen LogP contribution is 2.26. The predicted molar refractivity (Wildman–Crippen MR) is 76.9 cm³/mol. The number of aromatic nitrogens is 1. The summed E-state index contributed by atoms with van der Waals surface area (Å²) in [5, 5.41) is 0. The van der Waals surface area contributed by atoms with Gasteiger partial charge in [-0.2, -0.15) is 0 Å². The van der Waals surface area contributed by atoms with Crippen LogP contribution in [0, 0.1) is 0 Å². The lowest BCUT2D eigenvalue weighted by molar-refractivity contribution is 0.698. The molecule has 0 spiro atoms. The van der Waals surface area contributed by atoms with Gasteiger partial charge in [-0.05, 0) is 37.3 Å². The van der Waals surface area contributed by atoms with Gasteiger partial charge < -0.3 is 10.6 Å². The highest BCUT2D eigenvalue weighted by atomic mass is 15.2. The molecule has 0 atom stereocenters. The van der Waals surface area contributed by atoms with Crippen molar-refractivity contribution in [1.29, 1.82) is 0 Å². The van der Waals surface area contributed by atoms with Crippen molar-refractivity contribution in [3.63, 3.8) is 0 Å². The van der Waals surface area contributed by atoms with Gasteiger partial charge in [0, 0.05) is 31.4 Å². The number of nitrogens with two attached hydrogens (primary N) is 1. The van der Waals surface area contributed by atoms with Crippen LogP contribution in [0.1, 0.15) is 49.4 Å². The molecule has 3 nitrogen and oxygen atoms in total. The molecule has 2 rings (SSSR count). The normalized spacial score (nSPS) is 13.7. The molecule has 3 heteroatoms. The lowest BCUT2D eigenvalue weighted by atomic mass is 10.1. The van der Waals surface area contributed by atoms with Crippen LogP contribution in [0.5, 0.6) is 0 Å². The molecule has 0 saturated heterocycles. The van der Waals surface area contributed by atoms with Crippen LogP contribution < -0.4 is 10.6 Å². The largest absolute Gasteiger partial charge is 0.359 e. The highest BCUT2D eigenvalue weighted by Gasteiger charge is 2.17. The van der Waals surface area contributed by atoms with Crippen LogP contribution in [-0.4, -0.2) is 18.6 Å². The second kappa shape index (κ2) is 6.19. The van der Waals surface area contributed by atoms with E-state index in [9.17, 15) is 0 Å². The first kappa shape index (κ1) is 13.3. The summed E-state index contributed by atoms with van der Waals surface area (Å²) in [4.78, 5) is 7.12. The van der Waals surface area contributed by atoms with E-state index >= 15 is 0 Å². The monoisotopic (exact) mass is 247 g/mol. The molecule has 100 valence electrons. The minimum atomic E-state index is 0.591. The zero-order valence-corrected chi connectivity index (χ0v) is 11.7. The Balaban J connectivity index is 2.15. The van der Waals surface area contributed by atoms with Gasteiger partial charge in [0.15, 0.2) is 0 Å². The molecule has 18 heavy (non-hydrogen) atoms. The third-order valence-corrected chi connectivity index (χ3v) is 3.79. The number of pyridine rings is 1. The molecule has 1 heterocycles. The minimum Gasteiger partial charge on any atom is -0.359 e. The third kappa shape index (κ3) is 2.83. The smallest absolute Gasteiger partial charge is 0.133 e. The van der Waals surface area contributed by atoms with Gasteiger partial charge in [0.2, 0.25) is 0 Å². The number of anilines is 1. The standard InChI is InChI=1S/C15H25N3/c1-3-4-5-9-18(2)15-13(11-16)10-12-7-6-8-14(12)17-15/h10H,3-9,11,16H2,1-2H3. The van der Waals surface area contributed by atoms with Gasteiger partial charge in [-0.3, -0.25) is 0 Å². The molecule has 1 aliphatic rings. The Bertz CT molecular complexity index is 401. The van der Waals surface area contributed by atoms with Crippen molar-refractivity contribution in [1.82, 2.24) is 4.98 Å². The van der Waals surface area contributed by atoms with Crippen molar-refractivity contribution >= 4 is 5.82 Å². The Labute approximate surface area is 110 Å². The molecule has 1 aromatic heterocycles. The molecule has 0 saturated carbocycles. The van der Waals surface area contributed by atoms with E-state index in [-0.39, 0.29) is 0 Å². The van der Waals surface area contributed by atoms with Crippen molar-refractivity contribution in [3.8, 4) is 0 Å². The predicted octanol–water partition coefficient (Wildman–Crippen LogP) is 2.66. The van der Waals surface area contributed by atoms with Gasteiger partial charge in [-0.15, -0.1) is 0 Å². The summed E-state index contributed by atoms with van der Waals surface area (Å²) in [5.41, 5.74) is 9.79. The average Bonchev–Trinajstić information content (AvgIpc) is 2.84. The first-order chi connectivity index (χ1) is 8.76. The van der Waals surface area contributed by atoms with Crippen LogP contribution in [0.3, 0.4) is 0 Å². The van der Waals surface area contributed by atoms with Crippen molar-refractivity contribution < 1.29 is 0 Å². The van der Waals surface area contributed by atoms with Gasteiger partial charge in [-0.1, -0.05) is 19.8 Å². The van der Waals surface area contributed by atoms with Crippen molar-refractivity contribution in [2.45, 2.75) is 52.0 Å². The average molecular weight is 247 g/mol. The lowest BCUT2D eigenvalue weighted by Gasteiger charge is -2.22. The Kier molecular flexibility index (Phi) is 4.59. The summed E-state index contributed by atoms with van der Waals surface area (Å²) in [6.07, 6.45) is 7.33. The molecule has 0 amide bonds. The molecule has 0 unspecified atom stereocenters. The van der Waals surface area contributed by atoms with Crippen molar-refractivity contribution in [2.75, 3.05) is 18.5 Å². The second-order valence-electron chi connectivity index (χ2n) is 5.26. The van der Waals surface area contributed by atoms with Gasteiger partial charge in [-0.25, -0.2) is 4.98 Å². The van der Waals surface area contributed by atoms with Gasteiger partial charge >= 0.3 is 0 Å². The molecule has 0 aliphatic heterocycles. The summed E-state index contributed by atoms with van der Waals surface area (Å²) < 4.78 is 0. The van der Waals surface area contributed by atoms with E-state index in [1.807, 2.05) is 0 Å². The molecule has 0 radical (unpaired) electrons. The summed E-state index contributed by atoms with van der Waals surface area (Å²) in [6.45, 7) is 3.90. The maximum Gasteiger partial charge on any atom is 0.133 e. The molecule has 0 aromatic carbocycles. The SMILES string of the molecule is CCCCCN(C)c1nc2c(cc1CN)CCC2. The zero-order chi connectivity index (χ0) is 13.0. The number of nitrogens with zero attached hydrogens (tertiary/aromatic N) is 2. The molecule has 2 N–H and O–H groups in total. The van der Waals surface area contributed by atoms with Gasteiger partial charge in [0.25, 0.3) is 0 Å². The molecular weight excluding hydrogens is 222 g/mol. The number of hydrogen-bond acceptors (Lipinski definition) is 3. The van der Waals surface area contributed by atoms with Gasteiger partial charge in [0.1, 0.15) is 5.82 Å². The van der Waals surface area contributed by atoms with E-state index in [0.717, 1.165) is 18.8 Å². The summed E-state index contributed by atoms with van der Waals surface area (Å²) >= 11 is 0. The molecule has 0 bridgehead atoms. The summed E-state index contributed by atoms with van der Waals surface area (Å²) in [5.74, 6) is 1.11. The third-order valence-electron chi connectivity index (χ3n) is 3.79. The van der Waals surface area contributed by atoms with Crippen LogP contribution >= 0.6 is 0 Å². The summed E-state index contributed by atoms with van der Waals surface area (Å²) in [6, 6.07) is 2.28. The van der Waals surface area contributed by atoms with Crippen LogP contribution in [0.25, 0.3) is 0 Å². The molecular formula is C15H25N3. The van der Waals surface area contributed by atoms with Crippen LogP contribution in [0.4, 0.5) is 5.82 Å². The quantitative estimate of drug-likeness (QED) is 0.786. The fourth-order valence-electron chi connectivity index (χ4n) is 2.69. The van der Waals surface area contributed by atoms with Crippen LogP contribution in [0.15, 0.2) is 6.07 Å². The van der Waals surface area contributed by atoms with Crippen LogP contribution in [-0.2, 0) is 19.4 Å². The van der Waals surface area contributed by atoms with Gasteiger partial charge in [0.05, 0.1) is 0 Å². The van der Waals surface area contributed by atoms with E-state index < -0.39 is 0 Å². The number of aryl methyl sites for hydroxylation is 2. The molecule has 1 aliphatic carbocycles. The minimum absolute atomic E-state index is 0.591. The Morgan fingerprint density at radius 3 is 2.89 bits per heavy atom. The Morgan fingerprint density at radius 2 is 2.17 bits per heavy atom. The Hall–Kier alpha value is -1.09. The first-order valence-electron chi connectivity index (χ1n) is 7.19. The second-order valence-corrected chi connectivity index (χ2v) is 5.26. The van der Waals surface area contributed by atoms with Crippen LogP contribution in [0.2, 0.25) is 0 Å². The van der Waals surface area contributed by atoms with Crippen molar-refractivity contribution in [3.05, 3.63) is 22.9 Å².